The normalized spacial score (nSPS) is 14.0. The molecule has 2 aromatic rings. The summed E-state index contributed by atoms with van der Waals surface area (Å²) in [6.07, 6.45) is 3.38. The van der Waals surface area contributed by atoms with Crippen LogP contribution in [0.2, 0.25) is 0 Å². The second kappa shape index (κ2) is 6.67. The Morgan fingerprint density at radius 1 is 1.33 bits per heavy atom. The van der Waals surface area contributed by atoms with E-state index in [0.717, 1.165) is 23.6 Å². The van der Waals surface area contributed by atoms with E-state index in [9.17, 15) is 4.79 Å². The number of rotatable bonds is 6. The van der Waals surface area contributed by atoms with Gasteiger partial charge in [0, 0.05) is 31.3 Å². The summed E-state index contributed by atoms with van der Waals surface area (Å²) in [5.41, 5.74) is 4.62. The molecule has 0 aliphatic heterocycles. The van der Waals surface area contributed by atoms with E-state index < -0.39 is 0 Å². The summed E-state index contributed by atoms with van der Waals surface area (Å²) in [4.78, 5) is 12.1. The SMILES string of the molecule is CCc1c(C)nn(CCNC(=O)Nc2cc(C3CC3)nn2C)c1C. The number of urea groups is 1. The Bertz CT molecular complexity index is 741. The minimum atomic E-state index is -0.211. The van der Waals surface area contributed by atoms with E-state index in [1.54, 1.807) is 4.68 Å². The average Bonchev–Trinajstić information content (AvgIpc) is 3.27. The topological polar surface area (TPSA) is 76.8 Å². The number of aryl methyl sites for hydroxylation is 2. The molecule has 24 heavy (non-hydrogen) atoms. The molecule has 7 nitrogen and oxygen atoms in total. The molecule has 3 rings (SSSR count). The highest BCUT2D eigenvalue weighted by Crippen LogP contribution is 2.39. The van der Waals surface area contributed by atoms with Gasteiger partial charge in [-0.25, -0.2) is 4.79 Å². The van der Waals surface area contributed by atoms with Crippen molar-refractivity contribution in [2.75, 3.05) is 11.9 Å². The van der Waals surface area contributed by atoms with Crippen LogP contribution in [-0.4, -0.2) is 32.1 Å². The lowest BCUT2D eigenvalue weighted by atomic mass is 10.1. The summed E-state index contributed by atoms with van der Waals surface area (Å²) >= 11 is 0. The fourth-order valence-corrected chi connectivity index (χ4v) is 3.08. The molecule has 0 saturated heterocycles. The van der Waals surface area contributed by atoms with E-state index in [1.165, 1.54) is 24.1 Å². The highest BCUT2D eigenvalue weighted by Gasteiger charge is 2.27. The van der Waals surface area contributed by atoms with Gasteiger partial charge in [-0.05, 0) is 38.7 Å². The summed E-state index contributed by atoms with van der Waals surface area (Å²) in [5, 5.41) is 14.7. The van der Waals surface area contributed by atoms with Crippen LogP contribution in [0.3, 0.4) is 0 Å². The smallest absolute Gasteiger partial charge is 0.320 e. The van der Waals surface area contributed by atoms with Gasteiger partial charge in [-0.15, -0.1) is 0 Å². The van der Waals surface area contributed by atoms with Gasteiger partial charge < -0.3 is 5.32 Å². The van der Waals surface area contributed by atoms with Crippen LogP contribution in [-0.2, 0) is 20.0 Å². The van der Waals surface area contributed by atoms with Crippen LogP contribution in [0.4, 0.5) is 10.6 Å². The van der Waals surface area contributed by atoms with Gasteiger partial charge in [0.15, 0.2) is 0 Å². The first-order valence-corrected chi connectivity index (χ1v) is 8.61. The number of aromatic nitrogens is 4. The Labute approximate surface area is 142 Å². The zero-order valence-corrected chi connectivity index (χ0v) is 14.9. The lowest BCUT2D eigenvalue weighted by Gasteiger charge is -2.09. The molecule has 1 saturated carbocycles. The Balaban J connectivity index is 1.51. The minimum absolute atomic E-state index is 0.211. The van der Waals surface area contributed by atoms with Crippen LogP contribution < -0.4 is 10.6 Å². The quantitative estimate of drug-likeness (QED) is 0.854. The van der Waals surface area contributed by atoms with Crippen molar-refractivity contribution < 1.29 is 4.79 Å². The van der Waals surface area contributed by atoms with Gasteiger partial charge in [0.05, 0.1) is 17.9 Å². The first-order valence-electron chi connectivity index (χ1n) is 8.61. The monoisotopic (exact) mass is 330 g/mol. The van der Waals surface area contributed by atoms with Crippen LogP contribution in [0.25, 0.3) is 0 Å². The highest BCUT2D eigenvalue weighted by atomic mass is 16.2. The largest absolute Gasteiger partial charge is 0.336 e. The van der Waals surface area contributed by atoms with E-state index in [4.69, 9.17) is 0 Å². The third kappa shape index (κ3) is 3.44. The van der Waals surface area contributed by atoms with Gasteiger partial charge in [-0.1, -0.05) is 6.92 Å². The van der Waals surface area contributed by atoms with Crippen LogP contribution in [0.5, 0.6) is 0 Å². The molecule has 0 unspecified atom stereocenters. The average molecular weight is 330 g/mol. The first-order chi connectivity index (χ1) is 11.5. The number of hydrogen-bond donors (Lipinski definition) is 2. The summed E-state index contributed by atoms with van der Waals surface area (Å²) in [5.74, 6) is 1.31. The maximum Gasteiger partial charge on any atom is 0.320 e. The fraction of sp³-hybridized carbons (Fsp3) is 0.588. The number of carbonyl (C=O) groups excluding carboxylic acids is 1. The van der Waals surface area contributed by atoms with Crippen LogP contribution in [0.1, 0.15) is 48.3 Å². The molecular weight excluding hydrogens is 304 g/mol. The number of anilines is 1. The van der Waals surface area contributed by atoms with Crippen molar-refractivity contribution in [2.45, 2.75) is 52.5 Å². The van der Waals surface area contributed by atoms with Gasteiger partial charge in [0.1, 0.15) is 5.82 Å². The molecule has 2 amide bonds. The van der Waals surface area contributed by atoms with Crippen molar-refractivity contribution >= 4 is 11.8 Å². The van der Waals surface area contributed by atoms with E-state index in [2.05, 4.69) is 34.7 Å². The maximum atomic E-state index is 12.1. The van der Waals surface area contributed by atoms with Gasteiger partial charge in [-0.2, -0.15) is 10.2 Å². The van der Waals surface area contributed by atoms with Crippen molar-refractivity contribution in [2.24, 2.45) is 7.05 Å². The Kier molecular flexibility index (Phi) is 4.59. The van der Waals surface area contributed by atoms with Crippen molar-refractivity contribution in [3.05, 3.63) is 28.7 Å². The molecule has 7 heteroatoms. The Hall–Kier alpha value is -2.31. The van der Waals surface area contributed by atoms with Crippen LogP contribution in [0, 0.1) is 13.8 Å². The number of carbonyl (C=O) groups is 1. The lowest BCUT2D eigenvalue weighted by molar-refractivity contribution is 0.251. The Morgan fingerprint density at radius 2 is 2.08 bits per heavy atom. The molecule has 1 aliphatic carbocycles. The van der Waals surface area contributed by atoms with Gasteiger partial charge in [0.25, 0.3) is 0 Å². The van der Waals surface area contributed by atoms with Crippen molar-refractivity contribution in [1.82, 2.24) is 24.9 Å². The summed E-state index contributed by atoms with van der Waals surface area (Å²) in [6.45, 7) is 7.44. The molecule has 0 bridgehead atoms. The molecule has 1 aliphatic rings. The minimum Gasteiger partial charge on any atom is -0.336 e. The molecule has 130 valence electrons. The number of nitrogens with one attached hydrogen (secondary N) is 2. The van der Waals surface area contributed by atoms with Crippen molar-refractivity contribution in [3.8, 4) is 0 Å². The number of nitrogens with zero attached hydrogens (tertiary/aromatic N) is 4. The zero-order chi connectivity index (χ0) is 17.3. The molecule has 0 aromatic carbocycles. The fourth-order valence-electron chi connectivity index (χ4n) is 3.08. The second-order valence-electron chi connectivity index (χ2n) is 6.46. The van der Waals surface area contributed by atoms with Gasteiger partial charge in [-0.3, -0.25) is 14.7 Å². The summed E-state index contributed by atoms with van der Waals surface area (Å²) in [6, 6.07) is 1.75. The van der Waals surface area contributed by atoms with Crippen molar-refractivity contribution in [3.63, 3.8) is 0 Å². The van der Waals surface area contributed by atoms with Crippen molar-refractivity contribution in [1.29, 1.82) is 0 Å². The third-order valence-corrected chi connectivity index (χ3v) is 4.63. The number of amides is 2. The van der Waals surface area contributed by atoms with Crippen LogP contribution in [0.15, 0.2) is 6.07 Å². The zero-order valence-electron chi connectivity index (χ0n) is 14.9. The molecule has 1 fully saturated rings. The highest BCUT2D eigenvalue weighted by molar-refractivity contribution is 5.88. The van der Waals surface area contributed by atoms with E-state index in [1.807, 2.05) is 24.7 Å². The molecule has 0 spiro atoms. The first kappa shape index (κ1) is 16.5. The molecule has 2 aromatic heterocycles. The predicted molar refractivity (Wildman–Crippen MR) is 93.3 cm³/mol. The molecular formula is C17H26N6O. The Morgan fingerprint density at radius 3 is 2.71 bits per heavy atom. The molecule has 0 radical (unpaired) electrons. The lowest BCUT2D eigenvalue weighted by Crippen LogP contribution is -2.32. The van der Waals surface area contributed by atoms with E-state index in [0.29, 0.717) is 19.0 Å². The standard InChI is InChI=1S/C17H26N6O/c1-5-14-11(2)20-23(12(14)3)9-8-18-17(24)19-16-10-15(13-6-7-13)21-22(16)4/h10,13H,5-9H2,1-4H3,(H2,18,19,24). The predicted octanol–water partition coefficient (Wildman–Crippen LogP) is 2.49. The second-order valence-corrected chi connectivity index (χ2v) is 6.46. The maximum absolute atomic E-state index is 12.1. The summed E-state index contributed by atoms with van der Waals surface area (Å²) in [7, 11) is 1.85. The third-order valence-electron chi connectivity index (χ3n) is 4.63. The molecule has 0 atom stereocenters. The van der Waals surface area contributed by atoms with Gasteiger partial charge in [0.2, 0.25) is 0 Å². The number of hydrogen-bond acceptors (Lipinski definition) is 3. The van der Waals surface area contributed by atoms with E-state index >= 15 is 0 Å². The van der Waals surface area contributed by atoms with Crippen LogP contribution >= 0.6 is 0 Å². The summed E-state index contributed by atoms with van der Waals surface area (Å²) < 4.78 is 3.69. The molecule has 2 N–H and O–H groups in total. The van der Waals surface area contributed by atoms with E-state index in [-0.39, 0.29) is 6.03 Å². The van der Waals surface area contributed by atoms with Gasteiger partial charge >= 0.3 is 6.03 Å². The molecule has 2 heterocycles.